The van der Waals surface area contributed by atoms with Crippen LogP contribution in [0.4, 0.5) is 5.69 Å². The Balaban J connectivity index is 1.76. The second-order valence-electron chi connectivity index (χ2n) is 8.99. The Kier molecular flexibility index (Phi) is 9.44. The van der Waals surface area contributed by atoms with Gasteiger partial charge in [-0.1, -0.05) is 59.6 Å². The van der Waals surface area contributed by atoms with Gasteiger partial charge >= 0.3 is 0 Å². The lowest BCUT2D eigenvalue weighted by atomic mass is 10.0. The number of benzene rings is 3. The normalized spacial score (nSPS) is 13.0. The fourth-order valence-electron chi connectivity index (χ4n) is 4.33. The zero-order valence-electron chi connectivity index (χ0n) is 22.0. The van der Waals surface area contributed by atoms with Gasteiger partial charge in [0, 0.05) is 41.7 Å². The van der Waals surface area contributed by atoms with Gasteiger partial charge in [-0.25, -0.2) is 8.42 Å². The number of sulfonamides is 1. The number of anilines is 1. The highest BCUT2D eigenvalue weighted by Crippen LogP contribution is 2.36. The molecule has 0 bridgehead atoms. The number of fused-ring (bicyclic) bond motifs is 1. The fraction of sp³-hybridized carbons (Fsp3) is 0.286. The van der Waals surface area contributed by atoms with Crippen LogP contribution in [0.5, 0.6) is 11.5 Å². The molecule has 1 unspecified atom stereocenters. The minimum absolute atomic E-state index is 0.0118. The molecule has 0 saturated heterocycles. The Labute approximate surface area is 243 Å². The molecule has 0 fully saturated rings. The summed E-state index contributed by atoms with van der Waals surface area (Å²) in [5, 5.41) is 3.26. The van der Waals surface area contributed by atoms with Crippen molar-refractivity contribution in [3.8, 4) is 11.5 Å². The summed E-state index contributed by atoms with van der Waals surface area (Å²) in [6.45, 7) is 0.811. The summed E-state index contributed by atoms with van der Waals surface area (Å²) in [5.74, 6) is -0.452. The predicted molar refractivity (Wildman–Crippen MR) is 154 cm³/mol. The van der Waals surface area contributed by atoms with Crippen LogP contribution in [0.15, 0.2) is 66.7 Å². The third kappa shape index (κ3) is 6.63. The Morgan fingerprint density at radius 2 is 1.65 bits per heavy atom. The van der Waals surface area contributed by atoms with Gasteiger partial charge in [0.05, 0.1) is 11.4 Å². The Hall–Kier alpha value is -3.47. The van der Waals surface area contributed by atoms with Crippen LogP contribution in [0.3, 0.4) is 0 Å². The molecule has 9 nitrogen and oxygen atoms in total. The van der Waals surface area contributed by atoms with Crippen LogP contribution in [0.2, 0.25) is 10.0 Å². The Bertz CT molecular complexity index is 1470. The van der Waals surface area contributed by atoms with Crippen LogP contribution >= 0.6 is 23.2 Å². The first-order valence-corrected chi connectivity index (χ1v) is 14.9. The second-order valence-corrected chi connectivity index (χ2v) is 12.0. The molecule has 0 aliphatic carbocycles. The molecule has 1 aliphatic heterocycles. The van der Waals surface area contributed by atoms with Crippen molar-refractivity contribution in [2.24, 2.45) is 0 Å². The van der Waals surface area contributed by atoms with Crippen molar-refractivity contribution in [2.45, 2.75) is 25.9 Å². The molecular weight excluding hydrogens is 577 g/mol. The van der Waals surface area contributed by atoms with Gasteiger partial charge in [-0.15, -0.1) is 0 Å². The third-order valence-corrected chi connectivity index (χ3v) is 8.98. The molecule has 1 atom stereocenters. The van der Waals surface area contributed by atoms with E-state index in [1.54, 1.807) is 30.3 Å². The van der Waals surface area contributed by atoms with E-state index < -0.39 is 34.4 Å². The molecule has 40 heavy (non-hydrogen) atoms. The van der Waals surface area contributed by atoms with Crippen molar-refractivity contribution in [3.63, 3.8) is 0 Å². The van der Waals surface area contributed by atoms with Gasteiger partial charge in [-0.05, 0) is 36.8 Å². The molecule has 4 rings (SSSR count). The second kappa shape index (κ2) is 12.8. The van der Waals surface area contributed by atoms with Crippen LogP contribution in [0.1, 0.15) is 18.1 Å². The van der Waals surface area contributed by atoms with Gasteiger partial charge in [-0.2, -0.15) is 0 Å². The molecular formula is C28H29Cl2N3O6S. The standard InChI is InChI=1S/C28H29Cl2N3O6S/c1-3-40(36,37)33(20-12-13-25-26(15-20)39-18-38-25)17-27(34)32(16-21-22(29)10-7-11-23(21)30)24(28(35)31-2)14-19-8-5-4-6-9-19/h4-13,15,24H,3,14,16-18H2,1-2H3,(H,31,35). The van der Waals surface area contributed by atoms with E-state index in [0.29, 0.717) is 27.1 Å². The summed E-state index contributed by atoms with van der Waals surface area (Å²) < 4.78 is 38.3. The first kappa shape index (κ1) is 29.5. The zero-order chi connectivity index (χ0) is 28.9. The monoisotopic (exact) mass is 605 g/mol. The maximum absolute atomic E-state index is 14.1. The van der Waals surface area contributed by atoms with Gasteiger partial charge in [0.2, 0.25) is 28.6 Å². The van der Waals surface area contributed by atoms with Crippen molar-refractivity contribution >= 4 is 50.7 Å². The molecule has 1 heterocycles. The Morgan fingerprint density at radius 3 is 2.30 bits per heavy atom. The number of carbonyl (C=O) groups is 2. The van der Waals surface area contributed by atoms with Crippen LogP contribution in [-0.4, -0.2) is 57.3 Å². The van der Waals surface area contributed by atoms with Crippen molar-refractivity contribution in [1.29, 1.82) is 0 Å². The third-order valence-electron chi connectivity index (χ3n) is 6.53. The van der Waals surface area contributed by atoms with Crippen molar-refractivity contribution in [3.05, 3.63) is 87.9 Å². The molecule has 0 radical (unpaired) electrons. The fourth-order valence-corrected chi connectivity index (χ4v) is 5.90. The lowest BCUT2D eigenvalue weighted by molar-refractivity contribution is -0.139. The molecule has 1 aliphatic rings. The summed E-state index contributed by atoms with van der Waals surface area (Å²) in [4.78, 5) is 28.6. The van der Waals surface area contributed by atoms with E-state index in [9.17, 15) is 18.0 Å². The van der Waals surface area contributed by atoms with E-state index in [2.05, 4.69) is 5.32 Å². The van der Waals surface area contributed by atoms with E-state index in [0.717, 1.165) is 9.87 Å². The van der Waals surface area contributed by atoms with Crippen LogP contribution in [0.25, 0.3) is 0 Å². The number of likely N-dealkylation sites (N-methyl/N-ethyl adjacent to an activating group) is 1. The molecule has 12 heteroatoms. The van der Waals surface area contributed by atoms with Gasteiger partial charge in [-0.3, -0.25) is 13.9 Å². The smallest absolute Gasteiger partial charge is 0.244 e. The van der Waals surface area contributed by atoms with Crippen molar-refractivity contribution < 1.29 is 27.5 Å². The summed E-state index contributed by atoms with van der Waals surface area (Å²) in [7, 11) is -2.44. The molecule has 0 spiro atoms. The number of rotatable bonds is 11. The number of ether oxygens (including phenoxy) is 2. The molecule has 3 aromatic carbocycles. The SMILES string of the molecule is CCS(=O)(=O)N(CC(=O)N(Cc1c(Cl)cccc1Cl)C(Cc1ccccc1)C(=O)NC)c1ccc2c(c1)OCO2. The molecule has 3 aromatic rings. The van der Waals surface area contributed by atoms with Gasteiger partial charge in [0.25, 0.3) is 0 Å². The first-order valence-electron chi connectivity index (χ1n) is 12.5. The molecule has 1 N–H and O–H groups in total. The summed E-state index contributed by atoms with van der Waals surface area (Å²) in [5.41, 5.74) is 1.48. The molecule has 2 amide bonds. The van der Waals surface area contributed by atoms with E-state index in [1.807, 2.05) is 30.3 Å². The summed E-state index contributed by atoms with van der Waals surface area (Å²) in [6, 6.07) is 17.8. The quantitative estimate of drug-likeness (QED) is 0.350. The van der Waals surface area contributed by atoms with Crippen LogP contribution in [-0.2, 0) is 32.6 Å². The van der Waals surface area contributed by atoms with E-state index in [-0.39, 0.29) is 31.2 Å². The maximum atomic E-state index is 14.1. The van der Waals surface area contributed by atoms with E-state index >= 15 is 0 Å². The Morgan fingerprint density at radius 1 is 0.975 bits per heavy atom. The average Bonchev–Trinajstić information content (AvgIpc) is 3.43. The zero-order valence-corrected chi connectivity index (χ0v) is 24.3. The minimum Gasteiger partial charge on any atom is -0.454 e. The number of carbonyl (C=O) groups excluding carboxylic acids is 2. The number of amides is 2. The summed E-state index contributed by atoms with van der Waals surface area (Å²) in [6.07, 6.45) is 0.179. The van der Waals surface area contributed by atoms with Gasteiger partial charge < -0.3 is 19.7 Å². The van der Waals surface area contributed by atoms with Crippen LogP contribution < -0.4 is 19.1 Å². The predicted octanol–water partition coefficient (Wildman–Crippen LogP) is 4.26. The highest BCUT2D eigenvalue weighted by Gasteiger charge is 2.34. The minimum atomic E-state index is -3.92. The maximum Gasteiger partial charge on any atom is 0.244 e. The molecule has 0 aromatic heterocycles. The topological polar surface area (TPSA) is 105 Å². The van der Waals surface area contributed by atoms with E-state index in [1.165, 1.54) is 24.9 Å². The van der Waals surface area contributed by atoms with Gasteiger partial charge in [0.15, 0.2) is 11.5 Å². The lowest BCUT2D eigenvalue weighted by Gasteiger charge is -2.34. The van der Waals surface area contributed by atoms with Crippen molar-refractivity contribution in [2.75, 3.05) is 30.4 Å². The number of nitrogens with zero attached hydrogens (tertiary/aromatic N) is 2. The van der Waals surface area contributed by atoms with Crippen molar-refractivity contribution in [1.82, 2.24) is 10.2 Å². The summed E-state index contributed by atoms with van der Waals surface area (Å²) >= 11 is 12.9. The molecule has 0 saturated carbocycles. The number of hydrogen-bond acceptors (Lipinski definition) is 6. The number of hydrogen-bond donors (Lipinski definition) is 1. The first-order chi connectivity index (χ1) is 19.1. The number of nitrogens with one attached hydrogen (secondary N) is 1. The van der Waals surface area contributed by atoms with Crippen LogP contribution in [0, 0.1) is 0 Å². The largest absolute Gasteiger partial charge is 0.454 e. The molecule has 212 valence electrons. The number of halogens is 2. The highest BCUT2D eigenvalue weighted by molar-refractivity contribution is 7.92. The lowest BCUT2D eigenvalue weighted by Crippen LogP contribution is -2.53. The highest BCUT2D eigenvalue weighted by atomic mass is 35.5. The average molecular weight is 607 g/mol. The van der Waals surface area contributed by atoms with E-state index in [4.69, 9.17) is 32.7 Å². The van der Waals surface area contributed by atoms with Gasteiger partial charge in [0.1, 0.15) is 12.6 Å².